The minimum Gasteiger partial charge on any atom is -0.462 e. The average Bonchev–Trinajstić information content (AvgIpc) is 3.36. The molecule has 0 spiro atoms. The molecule has 0 aliphatic carbocycles. The Kier molecular flexibility index (Phi) is 54.0. The molecule has 1 unspecified atom stereocenters. The Labute approximate surface area is 431 Å². The fourth-order valence-electron chi connectivity index (χ4n) is 7.57. The van der Waals surface area contributed by atoms with Crippen LogP contribution in [0.1, 0.15) is 245 Å². The van der Waals surface area contributed by atoms with E-state index >= 15 is 0 Å². The summed E-state index contributed by atoms with van der Waals surface area (Å²) in [6.07, 6.45) is 79.0. The van der Waals surface area contributed by atoms with Crippen LogP contribution >= 0.6 is 0 Å². The molecule has 0 aromatic carbocycles. The summed E-state index contributed by atoms with van der Waals surface area (Å²) in [4.78, 5) is 38.2. The molecule has 0 fully saturated rings. The molecule has 0 aromatic rings. The summed E-state index contributed by atoms with van der Waals surface area (Å²) in [7, 11) is 0. The molecule has 0 rings (SSSR count). The van der Waals surface area contributed by atoms with Gasteiger partial charge in [-0.1, -0.05) is 245 Å². The zero-order valence-electron chi connectivity index (χ0n) is 45.2. The van der Waals surface area contributed by atoms with Gasteiger partial charge >= 0.3 is 17.9 Å². The molecule has 0 aliphatic heterocycles. The Balaban J connectivity index is 4.50. The van der Waals surface area contributed by atoms with Crippen molar-refractivity contribution < 1.29 is 28.6 Å². The van der Waals surface area contributed by atoms with E-state index < -0.39 is 6.10 Å². The van der Waals surface area contributed by atoms with Gasteiger partial charge in [-0.2, -0.15) is 0 Å². The fraction of sp³-hybridized carbons (Fsp3) is 0.641. The molecule has 0 amide bonds. The van der Waals surface area contributed by atoms with Gasteiger partial charge in [-0.25, -0.2) is 0 Å². The molecule has 396 valence electrons. The second-order valence-corrected chi connectivity index (χ2v) is 18.6. The lowest BCUT2D eigenvalue weighted by molar-refractivity contribution is -0.167. The van der Waals surface area contributed by atoms with Crippen LogP contribution < -0.4 is 0 Å². The quantitative estimate of drug-likeness (QED) is 0.0199. The first-order valence-corrected chi connectivity index (χ1v) is 28.6. The molecule has 0 aromatic heterocycles. The van der Waals surface area contributed by atoms with E-state index in [9.17, 15) is 14.4 Å². The van der Waals surface area contributed by atoms with Crippen LogP contribution in [-0.4, -0.2) is 37.2 Å². The Morgan fingerprint density at radius 1 is 0.314 bits per heavy atom. The van der Waals surface area contributed by atoms with Crippen molar-refractivity contribution in [2.75, 3.05) is 13.2 Å². The molecule has 6 heteroatoms. The fourth-order valence-corrected chi connectivity index (χ4v) is 7.57. The number of allylic oxidation sites excluding steroid dienone is 20. The zero-order chi connectivity index (χ0) is 50.7. The number of rotatable bonds is 50. The van der Waals surface area contributed by atoms with Crippen molar-refractivity contribution in [1.29, 1.82) is 0 Å². The smallest absolute Gasteiger partial charge is 0.306 e. The molecule has 0 bridgehead atoms. The highest BCUT2D eigenvalue weighted by atomic mass is 16.6. The number of hydrogen-bond acceptors (Lipinski definition) is 6. The van der Waals surface area contributed by atoms with Crippen LogP contribution in [0.25, 0.3) is 0 Å². The number of esters is 3. The number of hydrogen-bond donors (Lipinski definition) is 0. The minimum absolute atomic E-state index is 0.106. The van der Waals surface area contributed by atoms with Crippen LogP contribution in [0.5, 0.6) is 0 Å². The van der Waals surface area contributed by atoms with Gasteiger partial charge in [0.2, 0.25) is 0 Å². The van der Waals surface area contributed by atoms with Crippen molar-refractivity contribution in [2.45, 2.75) is 252 Å². The summed E-state index contributed by atoms with van der Waals surface area (Å²) in [5, 5.41) is 0. The van der Waals surface area contributed by atoms with Gasteiger partial charge in [0.25, 0.3) is 0 Å². The molecule has 0 aliphatic rings. The third-order valence-corrected chi connectivity index (χ3v) is 11.8. The van der Waals surface area contributed by atoms with Gasteiger partial charge < -0.3 is 14.2 Å². The molecular weight excluding hydrogens is 865 g/mol. The standard InChI is InChI=1S/C64H104O6/c1-4-7-10-13-16-19-22-25-28-30-32-34-36-39-42-45-48-51-54-57-63(66)69-60-61(59-68-62(65)56-53-50-47-44-41-38-35-27-24-21-18-15-12-9-6-3)70-64(67)58-55-52-49-46-43-40-37-33-31-29-26-23-20-17-14-11-8-5-2/h7,9-10,12,15-16,18-19,21,24-25,27-28,32-35,37-38,41,61H,4-6,8,11,13-14,17,20,22-23,26,29-31,36,39-40,42-60H2,1-3H3/b10-7-,12-9-,18-15-,19-16-,24-21-,28-25-,34-32-,35-27-,37-33-,41-38-. The first kappa shape index (κ1) is 65.8. The Morgan fingerprint density at radius 3 is 1.07 bits per heavy atom. The van der Waals surface area contributed by atoms with E-state index in [0.29, 0.717) is 19.3 Å². The molecule has 1 atom stereocenters. The maximum absolute atomic E-state index is 12.9. The van der Waals surface area contributed by atoms with Gasteiger partial charge in [0.15, 0.2) is 6.10 Å². The Hall–Kier alpha value is -4.19. The number of ether oxygens (including phenoxy) is 3. The van der Waals surface area contributed by atoms with Crippen molar-refractivity contribution in [3.05, 3.63) is 122 Å². The van der Waals surface area contributed by atoms with Gasteiger partial charge in [-0.3, -0.25) is 14.4 Å². The second-order valence-electron chi connectivity index (χ2n) is 18.6. The van der Waals surface area contributed by atoms with Crippen LogP contribution in [0.3, 0.4) is 0 Å². The first-order chi connectivity index (χ1) is 34.5. The van der Waals surface area contributed by atoms with Crippen LogP contribution in [0.4, 0.5) is 0 Å². The van der Waals surface area contributed by atoms with E-state index in [4.69, 9.17) is 14.2 Å². The summed E-state index contributed by atoms with van der Waals surface area (Å²) in [5.41, 5.74) is 0. The van der Waals surface area contributed by atoms with Gasteiger partial charge in [-0.05, 0) is 103 Å². The van der Waals surface area contributed by atoms with E-state index in [1.165, 1.54) is 83.5 Å². The van der Waals surface area contributed by atoms with Crippen molar-refractivity contribution in [3.8, 4) is 0 Å². The predicted molar refractivity (Wildman–Crippen MR) is 302 cm³/mol. The molecule has 0 heterocycles. The van der Waals surface area contributed by atoms with Crippen LogP contribution in [-0.2, 0) is 28.6 Å². The van der Waals surface area contributed by atoms with E-state index in [2.05, 4.69) is 93.7 Å². The maximum Gasteiger partial charge on any atom is 0.306 e. The average molecular weight is 970 g/mol. The summed E-state index contributed by atoms with van der Waals surface area (Å²) >= 11 is 0. The molecule has 0 saturated carbocycles. The Morgan fingerprint density at radius 2 is 0.629 bits per heavy atom. The molecule has 6 nitrogen and oxygen atoms in total. The zero-order valence-corrected chi connectivity index (χ0v) is 45.2. The highest BCUT2D eigenvalue weighted by Crippen LogP contribution is 2.14. The van der Waals surface area contributed by atoms with Crippen LogP contribution in [0, 0.1) is 0 Å². The molecule has 0 N–H and O–H groups in total. The first-order valence-electron chi connectivity index (χ1n) is 28.6. The van der Waals surface area contributed by atoms with Crippen molar-refractivity contribution >= 4 is 17.9 Å². The monoisotopic (exact) mass is 969 g/mol. The van der Waals surface area contributed by atoms with E-state index in [1.54, 1.807) is 0 Å². The topological polar surface area (TPSA) is 78.9 Å². The van der Waals surface area contributed by atoms with Crippen molar-refractivity contribution in [3.63, 3.8) is 0 Å². The van der Waals surface area contributed by atoms with E-state index in [1.807, 2.05) is 48.6 Å². The van der Waals surface area contributed by atoms with Gasteiger partial charge in [0.1, 0.15) is 13.2 Å². The number of unbranched alkanes of at least 4 members (excludes halogenated alkanes) is 23. The van der Waals surface area contributed by atoms with E-state index in [-0.39, 0.29) is 31.1 Å². The van der Waals surface area contributed by atoms with Gasteiger partial charge in [-0.15, -0.1) is 0 Å². The van der Waals surface area contributed by atoms with Crippen LogP contribution in [0.2, 0.25) is 0 Å². The summed E-state index contributed by atoms with van der Waals surface area (Å²) in [6.45, 7) is 6.33. The summed E-state index contributed by atoms with van der Waals surface area (Å²) in [5.74, 6) is -0.971. The highest BCUT2D eigenvalue weighted by molar-refractivity contribution is 5.71. The number of carbonyl (C=O) groups excluding carboxylic acids is 3. The second kappa shape index (κ2) is 57.4. The van der Waals surface area contributed by atoms with E-state index in [0.717, 1.165) is 122 Å². The van der Waals surface area contributed by atoms with Gasteiger partial charge in [0.05, 0.1) is 0 Å². The summed E-state index contributed by atoms with van der Waals surface area (Å²) < 4.78 is 16.8. The van der Waals surface area contributed by atoms with Gasteiger partial charge in [0, 0.05) is 19.3 Å². The lowest BCUT2D eigenvalue weighted by Gasteiger charge is -2.18. The van der Waals surface area contributed by atoms with Crippen molar-refractivity contribution in [1.82, 2.24) is 0 Å². The third-order valence-electron chi connectivity index (χ3n) is 11.8. The SMILES string of the molecule is CC\C=C/C=C\C=C/C=C\C=C/CCCCCC(=O)OCC(COC(=O)CCCCCCCC/C=C\C/C=C\C/C=C\C/C=C\CC)OC(=O)CCCCCCC/C=C\CCCCCCCCCCC. The third kappa shape index (κ3) is 54.7. The lowest BCUT2D eigenvalue weighted by Crippen LogP contribution is -2.30. The summed E-state index contributed by atoms with van der Waals surface area (Å²) in [6, 6.07) is 0. The predicted octanol–water partition coefficient (Wildman–Crippen LogP) is 19.3. The highest BCUT2D eigenvalue weighted by Gasteiger charge is 2.19. The normalized spacial score (nSPS) is 13.0. The van der Waals surface area contributed by atoms with Crippen LogP contribution in [0.15, 0.2) is 122 Å². The van der Waals surface area contributed by atoms with Crippen molar-refractivity contribution in [2.24, 2.45) is 0 Å². The molecule has 0 radical (unpaired) electrons. The number of carbonyl (C=O) groups is 3. The maximum atomic E-state index is 12.9. The molecule has 0 saturated heterocycles. The minimum atomic E-state index is -0.810. The molecule has 70 heavy (non-hydrogen) atoms. The Bertz CT molecular complexity index is 1490. The largest absolute Gasteiger partial charge is 0.462 e. The molecular formula is C64H104O6. The lowest BCUT2D eigenvalue weighted by atomic mass is 10.1.